The molecule has 4 heteroatoms. The molecular weight excluding hydrogens is 508 g/mol. The summed E-state index contributed by atoms with van der Waals surface area (Å²) in [6.07, 6.45) is 1.66. The fraction of sp³-hybridized carbons (Fsp3) is 0.135. The van der Waals surface area contributed by atoms with E-state index in [1.54, 1.807) is 0 Å². The lowest BCUT2D eigenvalue weighted by Crippen LogP contribution is -2.17. The molecule has 0 saturated carbocycles. The molecule has 4 nitrogen and oxygen atoms in total. The maximum Gasteiger partial charge on any atom is 0.180 e. The van der Waals surface area contributed by atoms with Gasteiger partial charge in [0.2, 0.25) is 0 Å². The summed E-state index contributed by atoms with van der Waals surface area (Å²) in [5.41, 5.74) is 6.26. The number of benzene rings is 5. The normalized spacial score (nSPS) is 13.9. The lowest BCUT2D eigenvalue weighted by Gasteiger charge is -2.29. The Balaban J connectivity index is 1.27. The fourth-order valence-electron chi connectivity index (χ4n) is 4.80. The SMILES string of the molecule is Cc1cc(OCc2ccccc2)c2c(c1)OC(c1ccc(OCc3ccccc3)cc1)C(OCc1ccccc1)=C2. The molecule has 204 valence electrons. The molecule has 1 heterocycles. The zero-order valence-electron chi connectivity index (χ0n) is 23.0. The highest BCUT2D eigenvalue weighted by atomic mass is 16.5. The molecule has 5 aromatic rings. The minimum atomic E-state index is -0.404. The molecule has 0 fully saturated rings. The van der Waals surface area contributed by atoms with Gasteiger partial charge < -0.3 is 18.9 Å². The second-order valence-electron chi connectivity index (χ2n) is 10.1. The molecule has 0 N–H and O–H groups in total. The van der Waals surface area contributed by atoms with E-state index in [0.29, 0.717) is 19.8 Å². The first-order chi connectivity index (χ1) is 20.2. The molecule has 1 unspecified atom stereocenters. The molecule has 1 atom stereocenters. The van der Waals surface area contributed by atoms with E-state index in [9.17, 15) is 0 Å². The first kappa shape index (κ1) is 26.3. The zero-order valence-corrected chi connectivity index (χ0v) is 23.0. The van der Waals surface area contributed by atoms with Gasteiger partial charge in [0, 0.05) is 5.56 Å². The Bertz CT molecular complexity index is 1590. The van der Waals surface area contributed by atoms with Crippen LogP contribution in [0.3, 0.4) is 0 Å². The van der Waals surface area contributed by atoms with Gasteiger partial charge in [0.05, 0.1) is 5.56 Å². The van der Waals surface area contributed by atoms with E-state index in [0.717, 1.165) is 56.4 Å². The minimum absolute atomic E-state index is 0.404. The van der Waals surface area contributed by atoms with Gasteiger partial charge in [0.25, 0.3) is 0 Å². The second kappa shape index (κ2) is 12.5. The van der Waals surface area contributed by atoms with Crippen molar-refractivity contribution in [2.75, 3.05) is 0 Å². The molecule has 0 aromatic heterocycles. The minimum Gasteiger partial charge on any atom is -0.489 e. The summed E-state index contributed by atoms with van der Waals surface area (Å²) in [7, 11) is 0. The van der Waals surface area contributed by atoms with Crippen LogP contribution in [0.5, 0.6) is 17.2 Å². The van der Waals surface area contributed by atoms with Gasteiger partial charge in [0.1, 0.15) is 42.8 Å². The molecule has 5 aromatic carbocycles. The van der Waals surface area contributed by atoms with Crippen LogP contribution >= 0.6 is 0 Å². The van der Waals surface area contributed by atoms with Crippen molar-refractivity contribution in [2.24, 2.45) is 0 Å². The summed E-state index contributed by atoms with van der Waals surface area (Å²) in [5.74, 6) is 3.08. The number of fused-ring (bicyclic) bond motifs is 1. The molecule has 0 bridgehead atoms. The summed E-state index contributed by atoms with van der Waals surface area (Å²) >= 11 is 0. The third kappa shape index (κ3) is 6.62. The average Bonchev–Trinajstić information content (AvgIpc) is 3.03. The highest BCUT2D eigenvalue weighted by Gasteiger charge is 2.28. The molecule has 41 heavy (non-hydrogen) atoms. The van der Waals surface area contributed by atoms with Crippen LogP contribution in [0.2, 0.25) is 0 Å². The van der Waals surface area contributed by atoms with Crippen LogP contribution in [0.1, 0.15) is 39.5 Å². The van der Waals surface area contributed by atoms with Crippen LogP contribution in [0.25, 0.3) is 6.08 Å². The maximum absolute atomic E-state index is 6.65. The Morgan fingerprint density at radius 2 is 1.12 bits per heavy atom. The van der Waals surface area contributed by atoms with E-state index in [2.05, 4.69) is 61.5 Å². The van der Waals surface area contributed by atoms with E-state index >= 15 is 0 Å². The van der Waals surface area contributed by atoms with Gasteiger partial charge in [0.15, 0.2) is 6.10 Å². The van der Waals surface area contributed by atoms with Gasteiger partial charge in [-0.3, -0.25) is 0 Å². The Labute approximate surface area is 241 Å². The molecule has 0 radical (unpaired) electrons. The Hall–Kier alpha value is -4.96. The van der Waals surface area contributed by atoms with E-state index < -0.39 is 6.10 Å². The fourth-order valence-corrected chi connectivity index (χ4v) is 4.80. The van der Waals surface area contributed by atoms with Crippen molar-refractivity contribution in [3.05, 3.63) is 167 Å². The summed E-state index contributed by atoms with van der Waals surface area (Å²) in [5, 5.41) is 0. The quantitative estimate of drug-likeness (QED) is 0.177. The lowest BCUT2D eigenvalue weighted by atomic mass is 10.00. The third-order valence-electron chi connectivity index (χ3n) is 6.95. The number of ether oxygens (including phenoxy) is 4. The predicted molar refractivity (Wildman–Crippen MR) is 162 cm³/mol. The number of hydrogen-bond donors (Lipinski definition) is 0. The number of rotatable bonds is 10. The van der Waals surface area contributed by atoms with Crippen LogP contribution in [0, 0.1) is 6.92 Å². The van der Waals surface area contributed by atoms with Gasteiger partial charge in [-0.1, -0.05) is 103 Å². The first-order valence-electron chi connectivity index (χ1n) is 13.8. The van der Waals surface area contributed by atoms with E-state index in [4.69, 9.17) is 18.9 Å². The highest BCUT2D eigenvalue weighted by molar-refractivity contribution is 5.69. The molecule has 0 spiro atoms. The van der Waals surface area contributed by atoms with Gasteiger partial charge in [-0.15, -0.1) is 0 Å². The molecule has 0 saturated heterocycles. The Morgan fingerprint density at radius 3 is 1.71 bits per heavy atom. The topological polar surface area (TPSA) is 36.9 Å². The van der Waals surface area contributed by atoms with Crippen molar-refractivity contribution in [2.45, 2.75) is 32.8 Å². The van der Waals surface area contributed by atoms with Crippen molar-refractivity contribution in [3.63, 3.8) is 0 Å². The van der Waals surface area contributed by atoms with Crippen molar-refractivity contribution >= 4 is 6.08 Å². The third-order valence-corrected chi connectivity index (χ3v) is 6.95. The van der Waals surface area contributed by atoms with E-state index in [1.807, 2.05) is 78.9 Å². The standard InChI is InChI=1S/C37H32O4/c1-27-21-34(39-25-29-13-7-3-8-14-29)33-23-36(40-26-30-15-9-4-10-16-30)37(41-35(33)22-27)31-17-19-32(20-18-31)38-24-28-11-5-2-6-12-28/h2-23,37H,24-26H2,1H3. The molecule has 6 rings (SSSR count). The first-order valence-corrected chi connectivity index (χ1v) is 13.8. The van der Waals surface area contributed by atoms with Crippen LogP contribution in [0.4, 0.5) is 0 Å². The van der Waals surface area contributed by atoms with Crippen molar-refractivity contribution in [1.82, 2.24) is 0 Å². The largest absolute Gasteiger partial charge is 0.489 e. The summed E-state index contributed by atoms with van der Waals surface area (Å²) in [6.45, 7) is 3.48. The Morgan fingerprint density at radius 1 is 0.585 bits per heavy atom. The molecule has 1 aliphatic rings. The predicted octanol–water partition coefficient (Wildman–Crippen LogP) is 8.84. The van der Waals surface area contributed by atoms with Crippen LogP contribution in [-0.4, -0.2) is 0 Å². The van der Waals surface area contributed by atoms with Gasteiger partial charge in [-0.05, 0) is 59.5 Å². The van der Waals surface area contributed by atoms with Crippen LogP contribution < -0.4 is 14.2 Å². The zero-order chi connectivity index (χ0) is 27.9. The van der Waals surface area contributed by atoms with Gasteiger partial charge in [-0.25, -0.2) is 0 Å². The number of aryl methyl sites for hydroxylation is 1. The highest BCUT2D eigenvalue weighted by Crippen LogP contribution is 2.43. The van der Waals surface area contributed by atoms with Gasteiger partial charge >= 0.3 is 0 Å². The van der Waals surface area contributed by atoms with E-state index in [1.165, 1.54) is 0 Å². The lowest BCUT2D eigenvalue weighted by molar-refractivity contribution is 0.107. The number of hydrogen-bond acceptors (Lipinski definition) is 4. The summed E-state index contributed by atoms with van der Waals surface area (Å²) < 4.78 is 25.4. The van der Waals surface area contributed by atoms with Crippen molar-refractivity contribution in [3.8, 4) is 17.2 Å². The van der Waals surface area contributed by atoms with Crippen LogP contribution in [0.15, 0.2) is 133 Å². The van der Waals surface area contributed by atoms with E-state index in [-0.39, 0.29) is 0 Å². The molecule has 0 amide bonds. The molecular formula is C37H32O4. The summed E-state index contributed by atoms with van der Waals surface area (Å²) in [6, 6.07) is 42.6. The average molecular weight is 541 g/mol. The van der Waals surface area contributed by atoms with Crippen molar-refractivity contribution < 1.29 is 18.9 Å². The van der Waals surface area contributed by atoms with Crippen LogP contribution in [-0.2, 0) is 24.6 Å². The molecule has 1 aliphatic heterocycles. The second-order valence-corrected chi connectivity index (χ2v) is 10.1. The maximum atomic E-state index is 6.65. The van der Waals surface area contributed by atoms with Crippen molar-refractivity contribution in [1.29, 1.82) is 0 Å². The monoisotopic (exact) mass is 540 g/mol. The Kier molecular flexibility index (Phi) is 8.00. The smallest absolute Gasteiger partial charge is 0.180 e. The van der Waals surface area contributed by atoms with Gasteiger partial charge in [-0.2, -0.15) is 0 Å². The molecule has 0 aliphatic carbocycles. The summed E-state index contributed by atoms with van der Waals surface area (Å²) in [4.78, 5) is 0.